The van der Waals surface area contributed by atoms with E-state index in [0.717, 1.165) is 18.4 Å². The van der Waals surface area contributed by atoms with Crippen LogP contribution in [-0.2, 0) is 4.79 Å². The van der Waals surface area contributed by atoms with Gasteiger partial charge in [0.25, 0.3) is 5.91 Å². The van der Waals surface area contributed by atoms with Crippen molar-refractivity contribution in [2.45, 2.75) is 25.8 Å². The summed E-state index contributed by atoms with van der Waals surface area (Å²) in [5.74, 6) is 0.600. The van der Waals surface area contributed by atoms with Crippen LogP contribution in [0.2, 0.25) is 0 Å². The van der Waals surface area contributed by atoms with Gasteiger partial charge in [-0.05, 0) is 37.1 Å². The van der Waals surface area contributed by atoms with E-state index in [0.29, 0.717) is 23.2 Å². The molecule has 2 aromatic rings. The molecule has 5 nitrogen and oxygen atoms in total. The summed E-state index contributed by atoms with van der Waals surface area (Å²) in [7, 11) is 0. The average molecular weight is 284 g/mol. The van der Waals surface area contributed by atoms with E-state index < -0.39 is 0 Å². The Kier molecular flexibility index (Phi) is 3.48. The van der Waals surface area contributed by atoms with Gasteiger partial charge in [0.2, 0.25) is 5.91 Å². The van der Waals surface area contributed by atoms with Crippen molar-refractivity contribution >= 4 is 17.5 Å². The zero-order valence-corrected chi connectivity index (χ0v) is 11.7. The molecule has 2 amide bonds. The number of anilines is 1. The fourth-order valence-electron chi connectivity index (χ4n) is 2.05. The second kappa shape index (κ2) is 5.44. The molecule has 5 heteroatoms. The largest absolute Gasteiger partial charge is 0.451 e. The van der Waals surface area contributed by atoms with Gasteiger partial charge in [0.05, 0.1) is 0 Å². The Bertz CT molecular complexity index is 686. The normalized spacial score (nSPS) is 13.8. The van der Waals surface area contributed by atoms with E-state index in [1.807, 2.05) is 18.2 Å². The number of hydrogen-bond donors (Lipinski definition) is 2. The Hall–Kier alpha value is -2.56. The Morgan fingerprint density at radius 1 is 1.19 bits per heavy atom. The predicted molar refractivity (Wildman–Crippen MR) is 78.9 cm³/mol. The van der Waals surface area contributed by atoms with Crippen LogP contribution in [-0.4, -0.2) is 17.9 Å². The molecule has 1 aliphatic rings. The standard InChI is InChI=1S/C16H16N2O3/c1-10(19)17-13-4-2-3-11(9-13)14-7-8-15(21-14)16(20)18-12-5-6-12/h2-4,7-9,12H,5-6H2,1H3,(H,17,19)(H,18,20). The number of amides is 2. The number of carbonyl (C=O) groups is 2. The van der Waals surface area contributed by atoms with Crippen molar-refractivity contribution in [3.8, 4) is 11.3 Å². The predicted octanol–water partition coefficient (Wildman–Crippen LogP) is 2.80. The highest BCUT2D eigenvalue weighted by Gasteiger charge is 2.25. The third-order valence-electron chi connectivity index (χ3n) is 3.21. The zero-order chi connectivity index (χ0) is 14.8. The van der Waals surface area contributed by atoms with Crippen LogP contribution >= 0.6 is 0 Å². The van der Waals surface area contributed by atoms with Crippen LogP contribution < -0.4 is 10.6 Å². The zero-order valence-electron chi connectivity index (χ0n) is 11.7. The van der Waals surface area contributed by atoms with Crippen LogP contribution in [0.25, 0.3) is 11.3 Å². The monoisotopic (exact) mass is 284 g/mol. The van der Waals surface area contributed by atoms with Crippen molar-refractivity contribution in [3.63, 3.8) is 0 Å². The minimum Gasteiger partial charge on any atom is -0.451 e. The van der Waals surface area contributed by atoms with Gasteiger partial charge in [-0.3, -0.25) is 9.59 Å². The highest BCUT2D eigenvalue weighted by molar-refractivity contribution is 5.92. The summed E-state index contributed by atoms with van der Waals surface area (Å²) in [6, 6.07) is 11.0. The van der Waals surface area contributed by atoms with Crippen molar-refractivity contribution in [1.82, 2.24) is 5.32 Å². The van der Waals surface area contributed by atoms with Gasteiger partial charge in [0, 0.05) is 24.2 Å². The number of nitrogens with one attached hydrogen (secondary N) is 2. The third kappa shape index (κ3) is 3.31. The smallest absolute Gasteiger partial charge is 0.287 e. The molecule has 1 aliphatic carbocycles. The molecule has 21 heavy (non-hydrogen) atoms. The molecular formula is C16H16N2O3. The maximum absolute atomic E-state index is 11.9. The lowest BCUT2D eigenvalue weighted by molar-refractivity contribution is -0.114. The number of furan rings is 1. The van der Waals surface area contributed by atoms with Crippen molar-refractivity contribution in [2.24, 2.45) is 0 Å². The molecule has 2 N–H and O–H groups in total. The molecule has 1 fully saturated rings. The van der Waals surface area contributed by atoms with Crippen molar-refractivity contribution < 1.29 is 14.0 Å². The van der Waals surface area contributed by atoms with Gasteiger partial charge in [-0.1, -0.05) is 12.1 Å². The molecule has 0 bridgehead atoms. The van der Waals surface area contributed by atoms with E-state index in [-0.39, 0.29) is 11.8 Å². The maximum Gasteiger partial charge on any atom is 0.287 e. The first-order chi connectivity index (χ1) is 10.1. The Morgan fingerprint density at radius 3 is 2.71 bits per heavy atom. The van der Waals surface area contributed by atoms with Gasteiger partial charge in [-0.2, -0.15) is 0 Å². The molecule has 1 aromatic carbocycles. The molecule has 108 valence electrons. The topological polar surface area (TPSA) is 71.3 Å². The highest BCUT2D eigenvalue weighted by Crippen LogP contribution is 2.26. The quantitative estimate of drug-likeness (QED) is 0.906. The average Bonchev–Trinajstić information content (AvgIpc) is 3.11. The Labute approximate surface area is 122 Å². The summed E-state index contributed by atoms with van der Waals surface area (Å²) in [4.78, 5) is 23.0. The first kappa shape index (κ1) is 13.4. The first-order valence-corrected chi connectivity index (χ1v) is 6.90. The van der Waals surface area contributed by atoms with E-state index in [9.17, 15) is 9.59 Å². The summed E-state index contributed by atoms with van der Waals surface area (Å²) in [5, 5.41) is 5.60. The molecule has 0 saturated heterocycles. The molecule has 0 spiro atoms. The summed E-state index contributed by atoms with van der Waals surface area (Å²) in [6.07, 6.45) is 2.08. The van der Waals surface area contributed by atoms with Crippen LogP contribution in [0.1, 0.15) is 30.3 Å². The fraction of sp³-hybridized carbons (Fsp3) is 0.250. The van der Waals surface area contributed by atoms with Crippen LogP contribution in [0, 0.1) is 0 Å². The molecule has 1 saturated carbocycles. The Morgan fingerprint density at radius 2 is 2.00 bits per heavy atom. The molecule has 1 aromatic heterocycles. The van der Waals surface area contributed by atoms with E-state index >= 15 is 0 Å². The summed E-state index contributed by atoms with van der Waals surface area (Å²) in [5.41, 5.74) is 1.51. The van der Waals surface area contributed by atoms with Crippen LogP contribution in [0.4, 0.5) is 5.69 Å². The molecule has 1 heterocycles. The molecule has 0 atom stereocenters. The summed E-state index contributed by atoms with van der Waals surface area (Å²) in [6.45, 7) is 1.46. The van der Waals surface area contributed by atoms with Gasteiger partial charge in [-0.25, -0.2) is 0 Å². The third-order valence-corrected chi connectivity index (χ3v) is 3.21. The van der Waals surface area contributed by atoms with Crippen LogP contribution in [0.3, 0.4) is 0 Å². The summed E-state index contributed by atoms with van der Waals surface area (Å²) < 4.78 is 5.60. The van der Waals surface area contributed by atoms with Gasteiger partial charge in [0.15, 0.2) is 5.76 Å². The number of benzene rings is 1. The lowest BCUT2D eigenvalue weighted by Gasteiger charge is -2.04. The molecule has 0 radical (unpaired) electrons. The molecular weight excluding hydrogens is 268 g/mol. The molecule has 3 rings (SSSR count). The second-order valence-electron chi connectivity index (χ2n) is 5.17. The molecule has 0 aliphatic heterocycles. The van der Waals surface area contributed by atoms with E-state index in [1.165, 1.54) is 6.92 Å². The van der Waals surface area contributed by atoms with Crippen LogP contribution in [0.15, 0.2) is 40.8 Å². The maximum atomic E-state index is 11.9. The minimum atomic E-state index is -0.179. The summed E-state index contributed by atoms with van der Waals surface area (Å²) >= 11 is 0. The fourth-order valence-corrected chi connectivity index (χ4v) is 2.05. The van der Waals surface area contributed by atoms with Gasteiger partial charge >= 0.3 is 0 Å². The SMILES string of the molecule is CC(=O)Nc1cccc(-c2ccc(C(=O)NC3CC3)o2)c1. The van der Waals surface area contributed by atoms with Gasteiger partial charge in [-0.15, -0.1) is 0 Å². The van der Waals surface area contributed by atoms with E-state index in [4.69, 9.17) is 4.42 Å². The lowest BCUT2D eigenvalue weighted by Crippen LogP contribution is -2.24. The van der Waals surface area contributed by atoms with Crippen molar-refractivity contribution in [1.29, 1.82) is 0 Å². The van der Waals surface area contributed by atoms with Crippen LogP contribution in [0.5, 0.6) is 0 Å². The van der Waals surface area contributed by atoms with Gasteiger partial charge in [0.1, 0.15) is 5.76 Å². The number of hydrogen-bond acceptors (Lipinski definition) is 3. The first-order valence-electron chi connectivity index (χ1n) is 6.90. The number of rotatable bonds is 4. The van der Waals surface area contributed by atoms with Gasteiger partial charge < -0.3 is 15.1 Å². The van der Waals surface area contributed by atoms with Crippen molar-refractivity contribution in [2.75, 3.05) is 5.32 Å². The van der Waals surface area contributed by atoms with E-state index in [2.05, 4.69) is 10.6 Å². The van der Waals surface area contributed by atoms with Crippen molar-refractivity contribution in [3.05, 3.63) is 42.2 Å². The minimum absolute atomic E-state index is 0.129. The highest BCUT2D eigenvalue weighted by atomic mass is 16.3. The second-order valence-corrected chi connectivity index (χ2v) is 5.17. The lowest BCUT2D eigenvalue weighted by atomic mass is 10.1. The molecule has 0 unspecified atom stereocenters. The van der Waals surface area contributed by atoms with E-state index in [1.54, 1.807) is 18.2 Å². The number of carbonyl (C=O) groups excluding carboxylic acids is 2. The Balaban J connectivity index is 1.78.